The van der Waals surface area contributed by atoms with Crippen molar-refractivity contribution >= 4 is 17.0 Å². The number of para-hydroxylation sites is 1. The minimum atomic E-state index is 0.444. The normalized spacial score (nSPS) is 10.8. The molecular weight excluding hydrogens is 260 g/mol. The van der Waals surface area contributed by atoms with Crippen LogP contribution in [-0.4, -0.2) is 15.1 Å². The summed E-state index contributed by atoms with van der Waals surface area (Å²) in [7, 11) is 0. The standard InChI is InChI=1S/C13H12N4OS/c1-8-15-9(7-19-8)6-12-16-13(18-17-12)10-4-2-3-5-11(10)14/h2-5,7H,6,14H2,1H3. The smallest absolute Gasteiger partial charge is 0.260 e. The maximum Gasteiger partial charge on any atom is 0.260 e. The zero-order chi connectivity index (χ0) is 13.2. The second kappa shape index (κ2) is 4.81. The van der Waals surface area contributed by atoms with Crippen LogP contribution in [0.4, 0.5) is 5.69 Å². The Morgan fingerprint density at radius 2 is 2.11 bits per heavy atom. The van der Waals surface area contributed by atoms with Crippen molar-refractivity contribution in [3.8, 4) is 11.5 Å². The second-order valence-electron chi connectivity index (χ2n) is 4.14. The molecule has 0 aliphatic rings. The zero-order valence-corrected chi connectivity index (χ0v) is 11.1. The van der Waals surface area contributed by atoms with E-state index in [1.54, 1.807) is 11.3 Å². The lowest BCUT2D eigenvalue weighted by Gasteiger charge is -1.97. The summed E-state index contributed by atoms with van der Waals surface area (Å²) in [6, 6.07) is 7.43. The molecule has 0 unspecified atom stereocenters. The van der Waals surface area contributed by atoms with Crippen molar-refractivity contribution in [1.82, 2.24) is 15.1 Å². The monoisotopic (exact) mass is 272 g/mol. The summed E-state index contributed by atoms with van der Waals surface area (Å²) in [5.41, 5.74) is 8.22. The summed E-state index contributed by atoms with van der Waals surface area (Å²) < 4.78 is 5.25. The highest BCUT2D eigenvalue weighted by Gasteiger charge is 2.12. The van der Waals surface area contributed by atoms with E-state index < -0.39 is 0 Å². The van der Waals surface area contributed by atoms with E-state index in [1.807, 2.05) is 36.6 Å². The van der Waals surface area contributed by atoms with Gasteiger partial charge in [-0.1, -0.05) is 17.3 Å². The number of nitrogens with two attached hydrogens (primary N) is 1. The molecule has 0 saturated carbocycles. The number of rotatable bonds is 3. The maximum atomic E-state index is 5.88. The minimum absolute atomic E-state index is 0.444. The Kier molecular flexibility index (Phi) is 3.00. The number of anilines is 1. The molecule has 0 saturated heterocycles. The van der Waals surface area contributed by atoms with Crippen LogP contribution in [0.25, 0.3) is 11.5 Å². The third-order valence-corrected chi connectivity index (χ3v) is 3.49. The van der Waals surface area contributed by atoms with Crippen molar-refractivity contribution in [1.29, 1.82) is 0 Å². The molecule has 0 amide bonds. The van der Waals surface area contributed by atoms with Crippen LogP contribution in [0.15, 0.2) is 34.2 Å². The lowest BCUT2D eigenvalue weighted by atomic mass is 10.2. The largest absolute Gasteiger partial charge is 0.398 e. The van der Waals surface area contributed by atoms with E-state index in [9.17, 15) is 0 Å². The van der Waals surface area contributed by atoms with Crippen LogP contribution in [0.2, 0.25) is 0 Å². The SMILES string of the molecule is Cc1nc(Cc2noc(-c3ccccc3N)n2)cs1. The Morgan fingerprint density at radius 1 is 1.26 bits per heavy atom. The second-order valence-corrected chi connectivity index (χ2v) is 5.20. The van der Waals surface area contributed by atoms with Gasteiger partial charge in [-0.2, -0.15) is 4.98 Å². The first kappa shape index (κ1) is 11.9. The highest BCUT2D eigenvalue weighted by atomic mass is 32.1. The Labute approximate surface area is 114 Å². The van der Waals surface area contributed by atoms with Gasteiger partial charge in [0.15, 0.2) is 5.82 Å². The molecular formula is C13H12N4OS. The van der Waals surface area contributed by atoms with Gasteiger partial charge in [0, 0.05) is 11.1 Å². The molecule has 5 nitrogen and oxygen atoms in total. The number of nitrogen functional groups attached to an aromatic ring is 1. The van der Waals surface area contributed by atoms with Crippen LogP contribution >= 0.6 is 11.3 Å². The van der Waals surface area contributed by atoms with E-state index in [4.69, 9.17) is 10.3 Å². The molecule has 6 heteroatoms. The molecule has 0 spiro atoms. The van der Waals surface area contributed by atoms with Gasteiger partial charge in [0.05, 0.1) is 22.7 Å². The van der Waals surface area contributed by atoms with Crippen molar-refractivity contribution < 1.29 is 4.52 Å². The first-order valence-electron chi connectivity index (χ1n) is 5.81. The fourth-order valence-electron chi connectivity index (χ4n) is 1.78. The van der Waals surface area contributed by atoms with Gasteiger partial charge in [-0.05, 0) is 19.1 Å². The molecule has 0 bridgehead atoms. The van der Waals surface area contributed by atoms with Crippen LogP contribution < -0.4 is 5.73 Å². The molecule has 0 aliphatic carbocycles. The quantitative estimate of drug-likeness (QED) is 0.742. The predicted octanol–water partition coefficient (Wildman–Crippen LogP) is 2.67. The first-order valence-corrected chi connectivity index (χ1v) is 6.69. The molecule has 96 valence electrons. The minimum Gasteiger partial charge on any atom is -0.398 e. The Hall–Kier alpha value is -2.21. The number of hydrogen-bond acceptors (Lipinski definition) is 6. The summed E-state index contributed by atoms with van der Waals surface area (Å²) in [5.74, 6) is 1.06. The van der Waals surface area contributed by atoms with Crippen molar-refractivity contribution in [2.45, 2.75) is 13.3 Å². The number of aryl methyl sites for hydroxylation is 1. The summed E-state index contributed by atoms with van der Waals surface area (Å²) in [6.45, 7) is 1.97. The first-order chi connectivity index (χ1) is 9.22. The molecule has 0 radical (unpaired) electrons. The summed E-state index contributed by atoms with van der Waals surface area (Å²) >= 11 is 1.61. The molecule has 1 aromatic carbocycles. The van der Waals surface area contributed by atoms with Gasteiger partial charge >= 0.3 is 0 Å². The zero-order valence-electron chi connectivity index (χ0n) is 10.3. The third kappa shape index (κ3) is 2.48. The van der Waals surface area contributed by atoms with E-state index in [1.165, 1.54) is 0 Å². The third-order valence-electron chi connectivity index (χ3n) is 2.67. The lowest BCUT2D eigenvalue weighted by Crippen LogP contribution is -1.92. The van der Waals surface area contributed by atoms with E-state index in [-0.39, 0.29) is 0 Å². The predicted molar refractivity (Wildman–Crippen MR) is 73.8 cm³/mol. The van der Waals surface area contributed by atoms with Gasteiger partial charge in [0.2, 0.25) is 0 Å². The molecule has 19 heavy (non-hydrogen) atoms. The van der Waals surface area contributed by atoms with Gasteiger partial charge < -0.3 is 10.3 Å². The Morgan fingerprint density at radius 3 is 2.84 bits per heavy atom. The van der Waals surface area contributed by atoms with Gasteiger partial charge in [-0.3, -0.25) is 0 Å². The van der Waals surface area contributed by atoms with Crippen molar-refractivity contribution in [2.24, 2.45) is 0 Å². The van der Waals surface area contributed by atoms with Crippen molar-refractivity contribution in [3.63, 3.8) is 0 Å². The van der Waals surface area contributed by atoms with Crippen LogP contribution in [0.3, 0.4) is 0 Å². The number of hydrogen-bond donors (Lipinski definition) is 1. The maximum absolute atomic E-state index is 5.88. The molecule has 2 heterocycles. The summed E-state index contributed by atoms with van der Waals surface area (Å²) in [4.78, 5) is 8.73. The molecule has 3 rings (SSSR count). The molecule has 2 N–H and O–H groups in total. The number of thiazole rings is 1. The number of aromatic nitrogens is 3. The molecule has 0 aliphatic heterocycles. The average Bonchev–Trinajstić information content (AvgIpc) is 3.00. The molecule has 0 atom stereocenters. The van der Waals surface area contributed by atoms with Gasteiger partial charge in [-0.15, -0.1) is 11.3 Å². The van der Waals surface area contributed by atoms with E-state index in [0.29, 0.717) is 23.8 Å². The molecule has 3 aromatic rings. The van der Waals surface area contributed by atoms with Gasteiger partial charge in [-0.25, -0.2) is 4.98 Å². The van der Waals surface area contributed by atoms with Crippen LogP contribution in [-0.2, 0) is 6.42 Å². The van der Waals surface area contributed by atoms with E-state index in [2.05, 4.69) is 15.1 Å². The fourth-order valence-corrected chi connectivity index (χ4v) is 2.39. The molecule has 2 aromatic heterocycles. The highest BCUT2D eigenvalue weighted by Crippen LogP contribution is 2.24. The molecule has 0 fully saturated rings. The fraction of sp³-hybridized carbons (Fsp3) is 0.154. The van der Waals surface area contributed by atoms with Crippen LogP contribution in [0.1, 0.15) is 16.5 Å². The summed E-state index contributed by atoms with van der Waals surface area (Å²) in [5, 5.41) is 7.00. The van der Waals surface area contributed by atoms with Crippen LogP contribution in [0, 0.1) is 6.92 Å². The lowest BCUT2D eigenvalue weighted by molar-refractivity contribution is 0.424. The highest BCUT2D eigenvalue weighted by molar-refractivity contribution is 7.09. The van der Waals surface area contributed by atoms with Crippen molar-refractivity contribution in [3.05, 3.63) is 46.2 Å². The van der Waals surface area contributed by atoms with Gasteiger partial charge in [0.1, 0.15) is 0 Å². The Bertz CT molecular complexity index is 704. The number of benzene rings is 1. The average molecular weight is 272 g/mol. The van der Waals surface area contributed by atoms with Gasteiger partial charge in [0.25, 0.3) is 5.89 Å². The van der Waals surface area contributed by atoms with E-state index >= 15 is 0 Å². The van der Waals surface area contributed by atoms with E-state index in [0.717, 1.165) is 16.3 Å². The topological polar surface area (TPSA) is 77.8 Å². The number of nitrogens with zero attached hydrogens (tertiary/aromatic N) is 3. The van der Waals surface area contributed by atoms with Crippen molar-refractivity contribution in [2.75, 3.05) is 5.73 Å². The van der Waals surface area contributed by atoms with Crippen LogP contribution in [0.5, 0.6) is 0 Å². The summed E-state index contributed by atoms with van der Waals surface area (Å²) in [6.07, 6.45) is 0.570. The Balaban J connectivity index is 1.86.